The van der Waals surface area contributed by atoms with Crippen molar-refractivity contribution in [3.05, 3.63) is 0 Å². The van der Waals surface area contributed by atoms with Crippen LogP contribution in [0.25, 0.3) is 0 Å². The minimum absolute atomic E-state index is 0.0254. The summed E-state index contributed by atoms with van der Waals surface area (Å²) in [5, 5.41) is 5.84. The van der Waals surface area contributed by atoms with E-state index in [-0.39, 0.29) is 6.03 Å². The largest absolute Gasteiger partial charge is 0.379 e. The summed E-state index contributed by atoms with van der Waals surface area (Å²) in [5.41, 5.74) is 0. The zero-order valence-electron chi connectivity index (χ0n) is 9.87. The predicted molar refractivity (Wildman–Crippen MR) is 61.4 cm³/mol. The second-order valence-electron chi connectivity index (χ2n) is 4.63. The summed E-state index contributed by atoms with van der Waals surface area (Å²) in [6.07, 6.45) is 2.26. The van der Waals surface area contributed by atoms with E-state index >= 15 is 0 Å². The van der Waals surface area contributed by atoms with Gasteiger partial charge in [-0.15, -0.1) is 0 Å². The molecular weight excluding hydrogens is 206 g/mol. The molecule has 0 spiro atoms. The van der Waals surface area contributed by atoms with E-state index < -0.39 is 0 Å². The fourth-order valence-electron chi connectivity index (χ4n) is 1.85. The van der Waals surface area contributed by atoms with E-state index in [0.717, 1.165) is 39.1 Å². The average molecular weight is 227 g/mol. The fourth-order valence-corrected chi connectivity index (χ4v) is 1.85. The number of hydrogen-bond donors (Lipinski definition) is 2. The first kappa shape index (κ1) is 11.7. The molecule has 1 aliphatic carbocycles. The van der Waals surface area contributed by atoms with Crippen molar-refractivity contribution in [2.45, 2.75) is 31.8 Å². The van der Waals surface area contributed by atoms with Crippen molar-refractivity contribution in [1.29, 1.82) is 0 Å². The third-order valence-electron chi connectivity index (χ3n) is 3.14. The molecule has 1 aliphatic heterocycles. The topological polar surface area (TPSA) is 53.6 Å². The summed E-state index contributed by atoms with van der Waals surface area (Å²) in [5.74, 6) is 0. The van der Waals surface area contributed by atoms with Crippen LogP contribution in [0.4, 0.5) is 4.79 Å². The Morgan fingerprint density at radius 1 is 1.44 bits per heavy atom. The number of urea groups is 1. The second kappa shape index (κ2) is 5.50. The van der Waals surface area contributed by atoms with Crippen LogP contribution in [0, 0.1) is 0 Å². The number of rotatable bonds is 4. The molecule has 1 saturated heterocycles. The highest BCUT2D eigenvalue weighted by atomic mass is 16.5. The molecule has 0 radical (unpaired) electrons. The first-order valence-corrected chi connectivity index (χ1v) is 6.12. The molecule has 2 rings (SSSR count). The van der Waals surface area contributed by atoms with Crippen molar-refractivity contribution >= 4 is 6.03 Å². The van der Waals surface area contributed by atoms with Gasteiger partial charge in [-0.3, -0.25) is 4.90 Å². The number of amides is 2. The average Bonchev–Trinajstić information content (AvgIpc) is 3.11. The van der Waals surface area contributed by atoms with E-state index in [1.165, 1.54) is 0 Å². The van der Waals surface area contributed by atoms with Crippen molar-refractivity contribution in [2.75, 3.05) is 32.8 Å². The highest BCUT2D eigenvalue weighted by Crippen LogP contribution is 2.18. The number of carbonyl (C=O) groups excluding carboxylic acids is 1. The summed E-state index contributed by atoms with van der Waals surface area (Å²) >= 11 is 0. The molecule has 16 heavy (non-hydrogen) atoms. The zero-order valence-corrected chi connectivity index (χ0v) is 9.87. The van der Waals surface area contributed by atoms with E-state index in [4.69, 9.17) is 4.74 Å². The molecule has 1 saturated carbocycles. The van der Waals surface area contributed by atoms with Crippen molar-refractivity contribution in [2.24, 2.45) is 0 Å². The summed E-state index contributed by atoms with van der Waals surface area (Å²) in [4.78, 5) is 13.8. The van der Waals surface area contributed by atoms with Gasteiger partial charge in [-0.2, -0.15) is 0 Å². The zero-order chi connectivity index (χ0) is 11.4. The van der Waals surface area contributed by atoms with E-state index in [1.54, 1.807) is 0 Å². The Bertz CT molecular complexity index is 237. The van der Waals surface area contributed by atoms with Gasteiger partial charge < -0.3 is 15.4 Å². The number of nitrogens with one attached hydrogen (secondary N) is 2. The maximum Gasteiger partial charge on any atom is 0.315 e. The molecule has 5 nitrogen and oxygen atoms in total. The normalized spacial score (nSPS) is 23.8. The van der Waals surface area contributed by atoms with E-state index in [9.17, 15) is 4.79 Å². The van der Waals surface area contributed by atoms with Crippen molar-refractivity contribution < 1.29 is 9.53 Å². The molecule has 0 aromatic carbocycles. The van der Waals surface area contributed by atoms with Gasteiger partial charge in [0.25, 0.3) is 0 Å². The smallest absolute Gasteiger partial charge is 0.315 e. The first-order chi connectivity index (χ1) is 7.75. The van der Waals surface area contributed by atoms with Gasteiger partial charge in [-0.1, -0.05) is 0 Å². The van der Waals surface area contributed by atoms with Gasteiger partial charge >= 0.3 is 6.03 Å². The molecule has 2 fully saturated rings. The van der Waals surface area contributed by atoms with Gasteiger partial charge in [0, 0.05) is 31.7 Å². The van der Waals surface area contributed by atoms with Gasteiger partial charge in [0.1, 0.15) is 0 Å². The predicted octanol–water partition coefficient (Wildman–Crippen LogP) is 0.169. The van der Waals surface area contributed by atoms with E-state index in [2.05, 4.69) is 22.5 Å². The highest BCUT2D eigenvalue weighted by Gasteiger charge is 2.23. The number of nitrogens with zero attached hydrogens (tertiary/aromatic N) is 1. The van der Waals surface area contributed by atoms with Crippen LogP contribution in [0.2, 0.25) is 0 Å². The van der Waals surface area contributed by atoms with Gasteiger partial charge in [0.2, 0.25) is 0 Å². The van der Waals surface area contributed by atoms with Crippen molar-refractivity contribution in [1.82, 2.24) is 15.5 Å². The SMILES string of the molecule is C[C@H](CNC(=O)NC1CC1)N1CCOCC1. The lowest BCUT2D eigenvalue weighted by atomic mass is 10.2. The Hall–Kier alpha value is -0.810. The summed E-state index contributed by atoms with van der Waals surface area (Å²) in [6, 6.07) is 0.787. The fraction of sp³-hybridized carbons (Fsp3) is 0.909. The lowest BCUT2D eigenvalue weighted by molar-refractivity contribution is 0.0209. The molecule has 0 aromatic heterocycles. The Morgan fingerprint density at radius 3 is 2.75 bits per heavy atom. The van der Waals surface area contributed by atoms with Crippen LogP contribution in [0.5, 0.6) is 0 Å². The lowest BCUT2D eigenvalue weighted by Gasteiger charge is -2.32. The van der Waals surface area contributed by atoms with Crippen LogP contribution in [0.1, 0.15) is 19.8 Å². The van der Waals surface area contributed by atoms with Gasteiger partial charge in [-0.05, 0) is 19.8 Å². The Balaban J connectivity index is 1.61. The van der Waals surface area contributed by atoms with Crippen molar-refractivity contribution in [3.63, 3.8) is 0 Å². The summed E-state index contributed by atoms with van der Waals surface area (Å²) < 4.78 is 5.29. The molecule has 2 amide bonds. The third kappa shape index (κ3) is 3.64. The third-order valence-corrected chi connectivity index (χ3v) is 3.14. The van der Waals surface area contributed by atoms with Crippen LogP contribution in [-0.2, 0) is 4.74 Å². The minimum Gasteiger partial charge on any atom is -0.379 e. The number of morpholine rings is 1. The summed E-state index contributed by atoms with van der Waals surface area (Å²) in [6.45, 7) is 6.39. The highest BCUT2D eigenvalue weighted by molar-refractivity contribution is 5.74. The molecule has 1 atom stereocenters. The van der Waals surface area contributed by atoms with Gasteiger partial charge in [0.05, 0.1) is 13.2 Å². The van der Waals surface area contributed by atoms with Crippen LogP contribution in [-0.4, -0.2) is 55.9 Å². The molecule has 0 bridgehead atoms. The number of ether oxygens (including phenoxy) is 1. The molecule has 0 unspecified atom stereocenters. The van der Waals surface area contributed by atoms with Crippen LogP contribution >= 0.6 is 0 Å². The lowest BCUT2D eigenvalue weighted by Crippen LogP contribution is -2.49. The standard InChI is InChI=1S/C11H21N3O2/c1-9(14-4-6-16-7-5-14)8-12-11(15)13-10-2-3-10/h9-10H,2-8H2,1H3,(H2,12,13,15)/t9-/m1/s1. The molecular formula is C11H21N3O2. The molecule has 2 aliphatic rings. The second-order valence-corrected chi connectivity index (χ2v) is 4.63. The number of hydrogen-bond acceptors (Lipinski definition) is 3. The van der Waals surface area contributed by atoms with Crippen LogP contribution < -0.4 is 10.6 Å². The van der Waals surface area contributed by atoms with E-state index in [1.807, 2.05) is 0 Å². The Labute approximate surface area is 96.5 Å². The molecule has 2 N–H and O–H groups in total. The van der Waals surface area contributed by atoms with Crippen LogP contribution in [0.15, 0.2) is 0 Å². The Kier molecular flexibility index (Phi) is 4.01. The quantitative estimate of drug-likeness (QED) is 0.720. The first-order valence-electron chi connectivity index (χ1n) is 6.12. The summed E-state index contributed by atoms with van der Waals surface area (Å²) in [7, 11) is 0. The molecule has 92 valence electrons. The molecule has 0 aromatic rings. The van der Waals surface area contributed by atoms with Crippen molar-refractivity contribution in [3.8, 4) is 0 Å². The molecule has 5 heteroatoms. The van der Waals surface area contributed by atoms with Gasteiger partial charge in [0.15, 0.2) is 0 Å². The van der Waals surface area contributed by atoms with E-state index in [0.29, 0.717) is 18.6 Å². The number of carbonyl (C=O) groups is 1. The monoisotopic (exact) mass is 227 g/mol. The molecule has 1 heterocycles. The Morgan fingerprint density at radius 2 is 2.12 bits per heavy atom. The van der Waals surface area contributed by atoms with Gasteiger partial charge in [-0.25, -0.2) is 4.79 Å². The maximum absolute atomic E-state index is 11.4. The minimum atomic E-state index is -0.0254. The van der Waals surface area contributed by atoms with Crippen LogP contribution in [0.3, 0.4) is 0 Å². The maximum atomic E-state index is 11.4.